The fourth-order valence-corrected chi connectivity index (χ4v) is 2.70. The zero-order valence-corrected chi connectivity index (χ0v) is 16.8. The molecular weight excluding hydrogens is 384 g/mol. The first kappa shape index (κ1) is 21.5. The van der Waals surface area contributed by atoms with Crippen molar-refractivity contribution in [2.24, 2.45) is 0 Å². The van der Waals surface area contributed by atoms with Crippen LogP contribution in [-0.2, 0) is 11.2 Å². The van der Waals surface area contributed by atoms with Crippen molar-refractivity contribution in [3.63, 3.8) is 0 Å². The molecular formula is C20H23ClN2O5. The third-order valence-electron chi connectivity index (χ3n) is 3.84. The highest BCUT2D eigenvalue weighted by Gasteiger charge is 2.22. The maximum Gasteiger partial charge on any atom is 0.257 e. The van der Waals surface area contributed by atoms with Crippen molar-refractivity contribution in [3.05, 3.63) is 46.7 Å². The van der Waals surface area contributed by atoms with Gasteiger partial charge >= 0.3 is 0 Å². The van der Waals surface area contributed by atoms with E-state index in [1.165, 1.54) is 20.4 Å². The highest BCUT2D eigenvalue weighted by Crippen LogP contribution is 2.40. The summed E-state index contributed by atoms with van der Waals surface area (Å²) in [5, 5.41) is 3.21. The Morgan fingerprint density at radius 3 is 2.57 bits per heavy atom. The van der Waals surface area contributed by atoms with E-state index >= 15 is 0 Å². The highest BCUT2D eigenvalue weighted by molar-refractivity contribution is 6.30. The number of hydrogen-bond donors (Lipinski definition) is 1. The minimum absolute atomic E-state index is 0.0223. The molecule has 0 saturated heterocycles. The first-order chi connectivity index (χ1) is 13.5. The van der Waals surface area contributed by atoms with Crippen LogP contribution in [0.1, 0.15) is 29.4 Å². The third-order valence-corrected chi connectivity index (χ3v) is 4.08. The van der Waals surface area contributed by atoms with E-state index in [1.54, 1.807) is 24.3 Å². The molecule has 7 nitrogen and oxygen atoms in total. The predicted octanol–water partition coefficient (Wildman–Crippen LogP) is 3.08. The Balaban J connectivity index is 2.31. The lowest BCUT2D eigenvalue weighted by Gasteiger charge is -2.17. The summed E-state index contributed by atoms with van der Waals surface area (Å²) in [4.78, 5) is 28.9. The molecule has 2 aromatic rings. The summed E-state index contributed by atoms with van der Waals surface area (Å²) in [5.41, 5.74) is 0.793. The summed E-state index contributed by atoms with van der Waals surface area (Å²) in [7, 11) is 2.92. The second-order valence-corrected chi connectivity index (χ2v) is 6.32. The number of ether oxygens (including phenoxy) is 3. The molecule has 2 rings (SSSR count). The van der Waals surface area contributed by atoms with Crippen LogP contribution >= 0.6 is 11.6 Å². The molecule has 0 radical (unpaired) electrons. The number of halogens is 1. The summed E-state index contributed by atoms with van der Waals surface area (Å²) >= 11 is 5.96. The van der Waals surface area contributed by atoms with E-state index in [9.17, 15) is 9.59 Å². The Morgan fingerprint density at radius 1 is 1.14 bits per heavy atom. The number of nitrogens with one attached hydrogen (secondary N) is 1. The third kappa shape index (κ3) is 5.60. The van der Waals surface area contributed by atoms with Gasteiger partial charge in [0, 0.05) is 23.5 Å². The summed E-state index contributed by atoms with van der Waals surface area (Å²) in [6.07, 6.45) is 2.37. The molecule has 1 N–H and O–H groups in total. The van der Waals surface area contributed by atoms with Crippen LogP contribution in [0, 0.1) is 0 Å². The molecule has 1 aromatic carbocycles. The summed E-state index contributed by atoms with van der Waals surface area (Å²) in [6, 6.07) is 6.45. The lowest BCUT2D eigenvalue weighted by Crippen LogP contribution is -2.29. The van der Waals surface area contributed by atoms with Crippen LogP contribution in [0.4, 0.5) is 0 Å². The average Bonchev–Trinajstić information content (AvgIpc) is 2.69. The monoisotopic (exact) mass is 406 g/mol. The SMILES string of the molecule is CCCNC(=O)COc1c(C(=O)Cc2cc(Cl)ccn2)ccc(OC)c1OC. The summed E-state index contributed by atoms with van der Waals surface area (Å²) in [6.45, 7) is 2.25. The smallest absolute Gasteiger partial charge is 0.257 e. The number of carbonyl (C=O) groups is 2. The van der Waals surface area contributed by atoms with Crippen LogP contribution in [-0.4, -0.2) is 44.0 Å². The molecule has 150 valence electrons. The van der Waals surface area contributed by atoms with Crippen molar-refractivity contribution in [1.29, 1.82) is 0 Å². The Morgan fingerprint density at radius 2 is 1.93 bits per heavy atom. The molecule has 28 heavy (non-hydrogen) atoms. The Bertz CT molecular complexity index is 841. The number of methoxy groups -OCH3 is 2. The quantitative estimate of drug-likeness (QED) is 0.610. The van der Waals surface area contributed by atoms with Crippen LogP contribution in [0.2, 0.25) is 5.02 Å². The molecule has 0 aliphatic heterocycles. The zero-order chi connectivity index (χ0) is 20.5. The number of carbonyl (C=O) groups excluding carboxylic acids is 2. The number of nitrogens with zero attached hydrogens (tertiary/aromatic N) is 1. The molecule has 0 bridgehead atoms. The van der Waals surface area contributed by atoms with Crippen LogP contribution in [0.5, 0.6) is 17.2 Å². The topological polar surface area (TPSA) is 86.8 Å². The fraction of sp³-hybridized carbons (Fsp3) is 0.350. The van der Waals surface area contributed by atoms with Crippen molar-refractivity contribution in [2.75, 3.05) is 27.4 Å². The van der Waals surface area contributed by atoms with Gasteiger partial charge in [-0.25, -0.2) is 0 Å². The predicted molar refractivity (Wildman–Crippen MR) is 106 cm³/mol. The van der Waals surface area contributed by atoms with Gasteiger partial charge in [-0.1, -0.05) is 18.5 Å². The van der Waals surface area contributed by atoms with Crippen molar-refractivity contribution >= 4 is 23.3 Å². The molecule has 0 fully saturated rings. The van der Waals surface area contributed by atoms with Crippen LogP contribution < -0.4 is 19.5 Å². The number of ketones is 1. The normalized spacial score (nSPS) is 10.3. The second kappa shape index (κ2) is 10.5. The number of rotatable bonds is 10. The molecule has 1 aromatic heterocycles. The largest absolute Gasteiger partial charge is 0.493 e. The number of benzene rings is 1. The Kier molecular flexibility index (Phi) is 8.07. The van der Waals surface area contributed by atoms with Gasteiger partial charge in [-0.3, -0.25) is 14.6 Å². The van der Waals surface area contributed by atoms with Crippen molar-refractivity contribution in [2.45, 2.75) is 19.8 Å². The van der Waals surface area contributed by atoms with Gasteiger partial charge in [-0.15, -0.1) is 0 Å². The number of amides is 1. The Labute approximate surface area is 169 Å². The second-order valence-electron chi connectivity index (χ2n) is 5.88. The van der Waals surface area contributed by atoms with Crippen LogP contribution in [0.15, 0.2) is 30.5 Å². The minimum Gasteiger partial charge on any atom is -0.493 e. The number of aromatic nitrogens is 1. The standard InChI is InChI=1S/C20H23ClN2O5/c1-4-8-23-18(25)12-28-19-15(5-6-17(26-2)20(19)27-3)16(24)11-14-10-13(21)7-9-22-14/h5-7,9-10H,4,8,11-12H2,1-3H3,(H,23,25). The van der Waals surface area contributed by atoms with E-state index in [4.69, 9.17) is 25.8 Å². The van der Waals surface area contributed by atoms with Gasteiger partial charge in [0.15, 0.2) is 23.9 Å². The van der Waals surface area contributed by atoms with Gasteiger partial charge < -0.3 is 19.5 Å². The van der Waals surface area contributed by atoms with Gasteiger partial charge in [-0.05, 0) is 30.7 Å². The Hall–Kier alpha value is -2.80. The van der Waals surface area contributed by atoms with E-state index in [-0.39, 0.29) is 41.8 Å². The van der Waals surface area contributed by atoms with E-state index in [0.717, 1.165) is 6.42 Å². The first-order valence-corrected chi connectivity index (χ1v) is 9.16. The molecule has 8 heteroatoms. The summed E-state index contributed by atoms with van der Waals surface area (Å²) in [5.74, 6) is 0.251. The molecule has 0 spiro atoms. The molecule has 1 amide bonds. The van der Waals surface area contributed by atoms with Gasteiger partial charge in [0.1, 0.15) is 0 Å². The molecule has 0 aliphatic rings. The highest BCUT2D eigenvalue weighted by atomic mass is 35.5. The van der Waals surface area contributed by atoms with Crippen molar-refractivity contribution in [1.82, 2.24) is 10.3 Å². The number of pyridine rings is 1. The summed E-state index contributed by atoms with van der Waals surface area (Å²) < 4.78 is 16.3. The van der Waals surface area contributed by atoms with Gasteiger partial charge in [0.25, 0.3) is 5.91 Å². The average molecular weight is 407 g/mol. The minimum atomic E-state index is -0.290. The van der Waals surface area contributed by atoms with E-state index in [2.05, 4.69) is 10.3 Å². The zero-order valence-electron chi connectivity index (χ0n) is 16.1. The fourth-order valence-electron chi connectivity index (χ4n) is 2.52. The molecule has 1 heterocycles. The molecule has 0 atom stereocenters. The van der Waals surface area contributed by atoms with Gasteiger partial charge in [0.2, 0.25) is 5.75 Å². The van der Waals surface area contributed by atoms with E-state index in [1.807, 2.05) is 6.92 Å². The molecule has 0 unspecified atom stereocenters. The van der Waals surface area contributed by atoms with E-state index < -0.39 is 0 Å². The molecule has 0 saturated carbocycles. The van der Waals surface area contributed by atoms with Crippen molar-refractivity contribution in [3.8, 4) is 17.2 Å². The van der Waals surface area contributed by atoms with Crippen molar-refractivity contribution < 1.29 is 23.8 Å². The van der Waals surface area contributed by atoms with Gasteiger partial charge in [-0.2, -0.15) is 0 Å². The number of Topliss-reactive ketones (excluding diaryl/α,β-unsaturated/α-hetero) is 1. The number of hydrogen-bond acceptors (Lipinski definition) is 6. The van der Waals surface area contributed by atoms with Gasteiger partial charge in [0.05, 0.1) is 26.2 Å². The molecule has 0 aliphatic carbocycles. The van der Waals surface area contributed by atoms with E-state index in [0.29, 0.717) is 23.0 Å². The lowest BCUT2D eigenvalue weighted by atomic mass is 10.0. The maximum atomic E-state index is 12.9. The maximum absolute atomic E-state index is 12.9. The van der Waals surface area contributed by atoms with Crippen LogP contribution in [0.3, 0.4) is 0 Å². The lowest BCUT2D eigenvalue weighted by molar-refractivity contribution is -0.123. The van der Waals surface area contributed by atoms with Crippen LogP contribution in [0.25, 0.3) is 0 Å². The first-order valence-electron chi connectivity index (χ1n) is 8.78.